The van der Waals surface area contributed by atoms with E-state index in [1.807, 2.05) is 48.7 Å². The van der Waals surface area contributed by atoms with Gasteiger partial charge in [0.25, 0.3) is 0 Å². The van der Waals surface area contributed by atoms with Crippen LogP contribution in [-0.2, 0) is 4.74 Å². The van der Waals surface area contributed by atoms with E-state index in [0.29, 0.717) is 31.4 Å². The molecule has 3 heterocycles. The SMILES string of the molecule is COc1ccc2nccc(/C=C/C3CCC4(CC3)CN(c3ccc5c(c3)OCCO5)C(=O)O4)c2c1. The Morgan fingerprint density at radius 2 is 1.89 bits per heavy atom. The highest BCUT2D eigenvalue weighted by molar-refractivity contribution is 5.91. The molecule has 1 saturated carbocycles. The average molecular weight is 473 g/mol. The van der Waals surface area contributed by atoms with Crippen LogP contribution in [-0.4, -0.2) is 43.5 Å². The second-order valence-corrected chi connectivity index (χ2v) is 9.44. The van der Waals surface area contributed by atoms with Crippen molar-refractivity contribution >= 4 is 28.8 Å². The number of nitrogens with zero attached hydrogens (tertiary/aromatic N) is 2. The molecule has 7 heteroatoms. The third-order valence-corrected chi connectivity index (χ3v) is 7.28. The lowest BCUT2D eigenvalue weighted by atomic mass is 9.78. The van der Waals surface area contributed by atoms with E-state index in [-0.39, 0.29) is 6.09 Å². The lowest BCUT2D eigenvalue weighted by Gasteiger charge is -2.34. The third kappa shape index (κ3) is 4.16. The highest BCUT2D eigenvalue weighted by Gasteiger charge is 2.47. The highest BCUT2D eigenvalue weighted by atomic mass is 16.6. The lowest BCUT2D eigenvalue weighted by Crippen LogP contribution is -2.38. The van der Waals surface area contributed by atoms with Crippen molar-refractivity contribution in [1.29, 1.82) is 0 Å². The van der Waals surface area contributed by atoms with E-state index in [2.05, 4.69) is 17.1 Å². The van der Waals surface area contributed by atoms with Gasteiger partial charge in [-0.15, -0.1) is 0 Å². The van der Waals surface area contributed by atoms with Crippen molar-refractivity contribution in [3.05, 3.63) is 60.3 Å². The zero-order chi connectivity index (χ0) is 23.8. The smallest absolute Gasteiger partial charge is 0.415 e. The van der Waals surface area contributed by atoms with E-state index >= 15 is 0 Å². The van der Waals surface area contributed by atoms with Gasteiger partial charge in [0.2, 0.25) is 0 Å². The first-order chi connectivity index (χ1) is 17.1. The molecule has 0 atom stereocenters. The Hall–Kier alpha value is -3.74. The maximum Gasteiger partial charge on any atom is 0.415 e. The van der Waals surface area contributed by atoms with Gasteiger partial charge in [-0.3, -0.25) is 9.88 Å². The Kier molecular flexibility index (Phi) is 5.47. The van der Waals surface area contributed by atoms with E-state index in [1.54, 1.807) is 12.0 Å². The predicted molar refractivity (Wildman–Crippen MR) is 133 cm³/mol. The van der Waals surface area contributed by atoms with E-state index in [4.69, 9.17) is 18.9 Å². The molecule has 0 unspecified atom stereocenters. The number of rotatable bonds is 4. The number of hydrogen-bond acceptors (Lipinski definition) is 6. The number of allylic oxidation sites excluding steroid dienone is 1. The van der Waals surface area contributed by atoms with Gasteiger partial charge in [-0.25, -0.2) is 4.79 Å². The van der Waals surface area contributed by atoms with Crippen LogP contribution in [0.2, 0.25) is 0 Å². The lowest BCUT2D eigenvalue weighted by molar-refractivity contribution is 0.0185. The maximum absolute atomic E-state index is 12.8. The van der Waals surface area contributed by atoms with Crippen LogP contribution in [0.4, 0.5) is 10.5 Å². The Morgan fingerprint density at radius 3 is 2.71 bits per heavy atom. The summed E-state index contributed by atoms with van der Waals surface area (Å²) in [5.74, 6) is 2.66. The summed E-state index contributed by atoms with van der Waals surface area (Å²) in [6.45, 7) is 1.63. The highest BCUT2D eigenvalue weighted by Crippen LogP contribution is 2.43. The van der Waals surface area contributed by atoms with Crippen molar-refractivity contribution in [3.63, 3.8) is 0 Å². The van der Waals surface area contributed by atoms with Gasteiger partial charge in [-0.05, 0) is 73.6 Å². The quantitative estimate of drug-likeness (QED) is 0.491. The molecule has 0 radical (unpaired) electrons. The van der Waals surface area contributed by atoms with Gasteiger partial charge in [0.1, 0.15) is 24.6 Å². The van der Waals surface area contributed by atoms with E-state index in [9.17, 15) is 4.79 Å². The van der Waals surface area contributed by atoms with Gasteiger partial charge in [-0.2, -0.15) is 0 Å². The second kappa shape index (κ2) is 8.80. The molecule has 2 aromatic carbocycles. The van der Waals surface area contributed by atoms with Crippen LogP contribution >= 0.6 is 0 Å². The number of ether oxygens (including phenoxy) is 4. The molecule has 0 N–H and O–H groups in total. The second-order valence-electron chi connectivity index (χ2n) is 9.44. The number of carbonyl (C=O) groups excluding carboxylic acids is 1. The third-order valence-electron chi connectivity index (χ3n) is 7.28. The molecular weight excluding hydrogens is 444 g/mol. The summed E-state index contributed by atoms with van der Waals surface area (Å²) in [7, 11) is 1.68. The molecule has 1 saturated heterocycles. The van der Waals surface area contributed by atoms with Gasteiger partial charge in [-0.1, -0.05) is 12.2 Å². The van der Waals surface area contributed by atoms with Gasteiger partial charge in [0, 0.05) is 17.6 Å². The van der Waals surface area contributed by atoms with Crippen LogP contribution < -0.4 is 19.1 Å². The molecule has 6 rings (SSSR count). The Morgan fingerprint density at radius 1 is 1.06 bits per heavy atom. The number of pyridine rings is 1. The number of carbonyl (C=O) groups is 1. The number of fused-ring (bicyclic) bond motifs is 2. The molecule has 1 aromatic heterocycles. The molecule has 1 aliphatic carbocycles. The molecule has 2 fully saturated rings. The fourth-order valence-electron chi connectivity index (χ4n) is 5.30. The molecular formula is C28H28N2O5. The van der Waals surface area contributed by atoms with Crippen molar-refractivity contribution in [2.75, 3.05) is 31.8 Å². The van der Waals surface area contributed by atoms with Crippen LogP contribution in [0.5, 0.6) is 17.2 Å². The Balaban J connectivity index is 1.13. The normalized spacial score (nSPS) is 23.7. The number of aromatic nitrogens is 1. The number of benzene rings is 2. The van der Waals surface area contributed by atoms with Crippen LogP contribution in [0.25, 0.3) is 17.0 Å². The zero-order valence-corrected chi connectivity index (χ0v) is 19.7. The summed E-state index contributed by atoms with van der Waals surface area (Å²) in [6, 6.07) is 13.6. The van der Waals surface area contributed by atoms with Crippen molar-refractivity contribution in [2.45, 2.75) is 31.3 Å². The van der Waals surface area contributed by atoms with E-state index in [0.717, 1.165) is 59.3 Å². The maximum atomic E-state index is 12.8. The fourth-order valence-corrected chi connectivity index (χ4v) is 5.30. The first-order valence-electron chi connectivity index (χ1n) is 12.1. The topological polar surface area (TPSA) is 70.1 Å². The molecule has 3 aliphatic rings. The molecule has 3 aromatic rings. The van der Waals surface area contributed by atoms with Crippen molar-refractivity contribution in [2.24, 2.45) is 5.92 Å². The minimum atomic E-state index is -0.425. The van der Waals surface area contributed by atoms with Crippen LogP contribution in [0.3, 0.4) is 0 Å². The van der Waals surface area contributed by atoms with Gasteiger partial charge < -0.3 is 18.9 Å². The molecule has 0 bridgehead atoms. The number of hydrogen-bond donors (Lipinski definition) is 0. The number of methoxy groups -OCH3 is 1. The molecule has 180 valence electrons. The Labute approximate surface area is 204 Å². The molecule has 1 amide bonds. The first kappa shape index (κ1) is 21.8. The average Bonchev–Trinajstić information content (AvgIpc) is 3.23. The molecule has 1 spiro atoms. The summed E-state index contributed by atoms with van der Waals surface area (Å²) >= 11 is 0. The summed E-state index contributed by atoms with van der Waals surface area (Å²) < 4.78 is 22.6. The van der Waals surface area contributed by atoms with E-state index in [1.165, 1.54) is 0 Å². The van der Waals surface area contributed by atoms with E-state index < -0.39 is 5.60 Å². The summed E-state index contributed by atoms with van der Waals surface area (Å²) in [6.07, 6.45) is 9.68. The van der Waals surface area contributed by atoms with Gasteiger partial charge in [0.05, 0.1) is 24.9 Å². The predicted octanol–water partition coefficient (Wildman–Crippen LogP) is 5.61. The zero-order valence-electron chi connectivity index (χ0n) is 19.7. The molecule has 35 heavy (non-hydrogen) atoms. The number of anilines is 1. The molecule has 2 aliphatic heterocycles. The standard InChI is InChI=1S/C28H28N2O5/c1-32-22-5-6-24-23(17-22)20(10-13-29-24)3-2-19-8-11-28(12-9-19)18-30(27(31)35-28)21-4-7-25-26(16-21)34-15-14-33-25/h2-7,10,13,16-17,19H,8-9,11-12,14-15,18H2,1H3/b3-2+. The first-order valence-corrected chi connectivity index (χ1v) is 12.1. The fraction of sp³-hybridized carbons (Fsp3) is 0.357. The summed E-state index contributed by atoms with van der Waals surface area (Å²) in [5, 5.41) is 1.08. The van der Waals surface area contributed by atoms with Crippen molar-refractivity contribution in [1.82, 2.24) is 4.98 Å². The largest absolute Gasteiger partial charge is 0.497 e. The van der Waals surface area contributed by atoms with Gasteiger partial charge >= 0.3 is 6.09 Å². The number of amides is 1. The van der Waals surface area contributed by atoms with Crippen LogP contribution in [0, 0.1) is 5.92 Å². The summed E-state index contributed by atoms with van der Waals surface area (Å²) in [5.41, 5.74) is 2.45. The van der Waals surface area contributed by atoms with Crippen LogP contribution in [0.15, 0.2) is 54.7 Å². The van der Waals surface area contributed by atoms with Crippen LogP contribution in [0.1, 0.15) is 31.2 Å². The van der Waals surface area contributed by atoms with Crippen molar-refractivity contribution in [3.8, 4) is 17.2 Å². The minimum absolute atomic E-state index is 0.284. The Bertz CT molecular complexity index is 1300. The van der Waals surface area contributed by atoms with Crippen molar-refractivity contribution < 1.29 is 23.7 Å². The monoisotopic (exact) mass is 472 g/mol. The van der Waals surface area contributed by atoms with Gasteiger partial charge in [0.15, 0.2) is 11.5 Å². The molecule has 7 nitrogen and oxygen atoms in total. The minimum Gasteiger partial charge on any atom is -0.497 e. The summed E-state index contributed by atoms with van der Waals surface area (Å²) in [4.78, 5) is 19.0.